The SMILES string of the molecule is COc1cc(/C=C2\C(=O)NC(=O)N(c3ccc(OCc4ccc(Br)cc4)cc3)C2=O)cc(Cl)c1OCc1cccc(C)c1. The van der Waals surface area contributed by atoms with E-state index in [2.05, 4.69) is 21.2 Å². The Morgan fingerprint density at radius 2 is 1.60 bits per heavy atom. The van der Waals surface area contributed by atoms with E-state index in [4.69, 9.17) is 25.8 Å². The molecule has 0 radical (unpaired) electrons. The number of ether oxygens (including phenoxy) is 3. The van der Waals surface area contributed by atoms with Gasteiger partial charge in [0, 0.05) is 4.47 Å². The Morgan fingerprint density at radius 3 is 2.30 bits per heavy atom. The number of halogens is 2. The van der Waals surface area contributed by atoms with Crippen molar-refractivity contribution in [3.05, 3.63) is 122 Å². The summed E-state index contributed by atoms with van der Waals surface area (Å²) in [4.78, 5) is 39.7. The number of hydrogen-bond acceptors (Lipinski definition) is 6. The van der Waals surface area contributed by atoms with Crippen molar-refractivity contribution < 1.29 is 28.6 Å². The number of amides is 4. The highest BCUT2D eigenvalue weighted by atomic mass is 79.9. The van der Waals surface area contributed by atoms with Gasteiger partial charge in [0.1, 0.15) is 24.5 Å². The number of urea groups is 1. The van der Waals surface area contributed by atoms with Gasteiger partial charge < -0.3 is 14.2 Å². The summed E-state index contributed by atoms with van der Waals surface area (Å²) in [6.45, 7) is 2.61. The van der Waals surface area contributed by atoms with Crippen molar-refractivity contribution in [2.24, 2.45) is 0 Å². The fraction of sp³-hybridized carbons (Fsp3) is 0.121. The Kier molecular flexibility index (Phi) is 9.13. The first-order valence-corrected chi connectivity index (χ1v) is 14.3. The lowest BCUT2D eigenvalue weighted by Crippen LogP contribution is -2.54. The van der Waals surface area contributed by atoms with Gasteiger partial charge in [0.05, 0.1) is 17.8 Å². The highest BCUT2D eigenvalue weighted by Gasteiger charge is 2.37. The molecule has 0 aliphatic carbocycles. The molecule has 0 unspecified atom stereocenters. The molecule has 43 heavy (non-hydrogen) atoms. The minimum Gasteiger partial charge on any atom is -0.493 e. The lowest BCUT2D eigenvalue weighted by atomic mass is 10.1. The first-order valence-electron chi connectivity index (χ1n) is 13.2. The van der Waals surface area contributed by atoms with E-state index in [0.29, 0.717) is 29.4 Å². The molecule has 1 N–H and O–H groups in total. The van der Waals surface area contributed by atoms with Crippen LogP contribution in [0.25, 0.3) is 6.08 Å². The summed E-state index contributed by atoms with van der Waals surface area (Å²) in [5.74, 6) is -0.411. The monoisotopic (exact) mass is 660 g/mol. The first-order chi connectivity index (χ1) is 20.7. The van der Waals surface area contributed by atoms with Crippen LogP contribution >= 0.6 is 27.5 Å². The minimum atomic E-state index is -0.855. The maximum atomic E-state index is 13.4. The van der Waals surface area contributed by atoms with Crippen LogP contribution in [-0.4, -0.2) is 25.0 Å². The zero-order valence-corrected chi connectivity index (χ0v) is 25.6. The number of nitrogens with zero attached hydrogens (tertiary/aromatic N) is 1. The van der Waals surface area contributed by atoms with Gasteiger partial charge in [-0.2, -0.15) is 0 Å². The number of carbonyl (C=O) groups is 3. The van der Waals surface area contributed by atoms with Crippen LogP contribution < -0.4 is 24.4 Å². The third-order valence-corrected chi connectivity index (χ3v) is 7.35. The summed E-state index contributed by atoms with van der Waals surface area (Å²) in [5, 5.41) is 2.46. The van der Waals surface area contributed by atoms with Crippen LogP contribution in [0.5, 0.6) is 17.2 Å². The van der Waals surface area contributed by atoms with Gasteiger partial charge >= 0.3 is 6.03 Å². The Balaban J connectivity index is 1.34. The van der Waals surface area contributed by atoms with Crippen molar-refractivity contribution in [1.29, 1.82) is 0 Å². The molecule has 218 valence electrons. The molecule has 1 aliphatic rings. The number of hydrogen-bond donors (Lipinski definition) is 1. The molecule has 0 atom stereocenters. The molecule has 1 heterocycles. The zero-order valence-electron chi connectivity index (χ0n) is 23.2. The van der Waals surface area contributed by atoms with E-state index in [0.717, 1.165) is 26.1 Å². The van der Waals surface area contributed by atoms with E-state index < -0.39 is 17.8 Å². The Morgan fingerprint density at radius 1 is 0.884 bits per heavy atom. The lowest BCUT2D eigenvalue weighted by molar-refractivity contribution is -0.122. The molecule has 0 aromatic heterocycles. The van der Waals surface area contributed by atoms with Crippen LogP contribution in [0.2, 0.25) is 5.02 Å². The topological polar surface area (TPSA) is 94.2 Å². The van der Waals surface area contributed by atoms with Gasteiger partial charge in [-0.3, -0.25) is 14.9 Å². The summed E-state index contributed by atoms with van der Waals surface area (Å²) in [7, 11) is 1.47. The number of methoxy groups -OCH3 is 1. The molecule has 1 aliphatic heterocycles. The summed E-state index contributed by atoms with van der Waals surface area (Å²) in [6, 6.07) is 24.3. The van der Waals surface area contributed by atoms with Crippen LogP contribution in [0.1, 0.15) is 22.3 Å². The minimum absolute atomic E-state index is 0.231. The van der Waals surface area contributed by atoms with Crippen LogP contribution in [-0.2, 0) is 22.8 Å². The predicted octanol–water partition coefficient (Wildman–Crippen LogP) is 7.24. The summed E-state index contributed by atoms with van der Waals surface area (Å²) in [5.41, 5.74) is 3.48. The molecule has 4 amide bonds. The van der Waals surface area contributed by atoms with Crippen LogP contribution in [0.3, 0.4) is 0 Å². The number of imide groups is 2. The van der Waals surface area contributed by atoms with E-state index in [1.807, 2.05) is 55.5 Å². The first kappa shape index (κ1) is 29.9. The average Bonchev–Trinajstić information content (AvgIpc) is 2.99. The van der Waals surface area contributed by atoms with E-state index in [-0.39, 0.29) is 22.9 Å². The second-order valence-electron chi connectivity index (χ2n) is 9.68. The second-order valence-corrected chi connectivity index (χ2v) is 11.0. The average molecular weight is 662 g/mol. The quantitative estimate of drug-likeness (QED) is 0.150. The van der Waals surface area contributed by atoms with Crippen molar-refractivity contribution in [1.82, 2.24) is 5.32 Å². The van der Waals surface area contributed by atoms with Crippen molar-refractivity contribution in [2.75, 3.05) is 12.0 Å². The highest BCUT2D eigenvalue weighted by molar-refractivity contribution is 9.10. The van der Waals surface area contributed by atoms with Crippen molar-refractivity contribution in [3.63, 3.8) is 0 Å². The van der Waals surface area contributed by atoms with Gasteiger partial charge in [-0.15, -0.1) is 0 Å². The maximum Gasteiger partial charge on any atom is 0.335 e. The number of benzene rings is 4. The van der Waals surface area contributed by atoms with Crippen LogP contribution in [0.4, 0.5) is 10.5 Å². The lowest BCUT2D eigenvalue weighted by Gasteiger charge is -2.26. The van der Waals surface area contributed by atoms with Crippen LogP contribution in [0.15, 0.2) is 95.0 Å². The molecule has 5 rings (SSSR count). The normalized spacial score (nSPS) is 14.1. The number of carbonyl (C=O) groups excluding carboxylic acids is 3. The second kappa shape index (κ2) is 13.1. The van der Waals surface area contributed by atoms with E-state index in [1.165, 1.54) is 13.2 Å². The molecule has 4 aromatic rings. The summed E-state index contributed by atoms with van der Waals surface area (Å²) >= 11 is 9.94. The predicted molar refractivity (Wildman–Crippen MR) is 167 cm³/mol. The largest absolute Gasteiger partial charge is 0.493 e. The maximum absolute atomic E-state index is 13.4. The summed E-state index contributed by atoms with van der Waals surface area (Å²) < 4.78 is 18.2. The van der Waals surface area contributed by atoms with Crippen molar-refractivity contribution >= 4 is 57.1 Å². The molecule has 8 nitrogen and oxygen atoms in total. The van der Waals surface area contributed by atoms with E-state index >= 15 is 0 Å². The number of rotatable bonds is 9. The smallest absolute Gasteiger partial charge is 0.335 e. The zero-order chi connectivity index (χ0) is 30.5. The Bertz CT molecular complexity index is 1720. The molecule has 10 heteroatoms. The fourth-order valence-corrected chi connectivity index (χ4v) is 4.96. The standard InChI is InChI=1S/C33H26BrClN2O6/c1-20-4-3-5-22(14-20)19-43-30-28(35)16-23(17-29(30)41-2)15-27-31(38)36-33(40)37(32(27)39)25-10-12-26(13-11-25)42-18-21-6-8-24(34)9-7-21/h3-17H,18-19H2,1-2H3,(H,36,38,40)/b27-15+. The molecule has 0 spiro atoms. The number of barbiturate groups is 1. The van der Waals surface area contributed by atoms with Crippen molar-refractivity contribution in [2.45, 2.75) is 20.1 Å². The van der Waals surface area contributed by atoms with Crippen molar-refractivity contribution in [3.8, 4) is 17.2 Å². The van der Waals surface area contributed by atoms with Gasteiger partial charge in [-0.05, 0) is 78.2 Å². The number of anilines is 1. The molecule has 4 aromatic carbocycles. The molecular formula is C33H26BrClN2O6. The molecule has 1 fully saturated rings. The van der Waals surface area contributed by atoms with E-state index in [9.17, 15) is 14.4 Å². The number of nitrogens with one attached hydrogen (secondary N) is 1. The Hall–Kier alpha value is -4.60. The van der Waals surface area contributed by atoms with E-state index in [1.54, 1.807) is 36.4 Å². The van der Waals surface area contributed by atoms with Gasteiger partial charge in [0.15, 0.2) is 11.5 Å². The highest BCUT2D eigenvalue weighted by Crippen LogP contribution is 2.38. The van der Waals surface area contributed by atoms with Crippen LogP contribution in [0, 0.1) is 6.92 Å². The Labute approximate surface area is 261 Å². The van der Waals surface area contributed by atoms with Gasteiger partial charge in [0.2, 0.25) is 0 Å². The van der Waals surface area contributed by atoms with Gasteiger partial charge in [-0.1, -0.05) is 69.5 Å². The molecule has 0 bridgehead atoms. The van der Waals surface area contributed by atoms with Gasteiger partial charge in [-0.25, -0.2) is 9.69 Å². The number of aryl methyl sites for hydroxylation is 1. The fourth-order valence-electron chi connectivity index (χ4n) is 4.42. The third kappa shape index (κ3) is 7.07. The molecular weight excluding hydrogens is 636 g/mol. The molecule has 0 saturated carbocycles. The summed E-state index contributed by atoms with van der Waals surface area (Å²) in [6.07, 6.45) is 1.35. The molecule has 1 saturated heterocycles. The van der Waals surface area contributed by atoms with Gasteiger partial charge in [0.25, 0.3) is 11.8 Å². The third-order valence-electron chi connectivity index (χ3n) is 6.54.